The third-order valence-electron chi connectivity index (χ3n) is 2.77. The van der Waals surface area contributed by atoms with Gasteiger partial charge in [0.05, 0.1) is 11.4 Å². The van der Waals surface area contributed by atoms with Crippen molar-refractivity contribution < 1.29 is 9.59 Å². The van der Waals surface area contributed by atoms with Crippen molar-refractivity contribution in [2.45, 2.75) is 10.9 Å². The summed E-state index contributed by atoms with van der Waals surface area (Å²) in [4.78, 5) is 24.1. The lowest BCUT2D eigenvalue weighted by atomic mass is 10.1. The molecular weight excluding hydrogens is 250 g/mol. The Bertz CT molecular complexity index is 490. The fraction of sp³-hybridized carbons (Fsp3) is 0.333. The predicted molar refractivity (Wildman–Crippen MR) is 71.7 cm³/mol. The smallest absolute Gasteiger partial charge is 0.241 e. The van der Waals surface area contributed by atoms with E-state index in [2.05, 4.69) is 16.0 Å². The van der Waals surface area contributed by atoms with Crippen LogP contribution in [0.2, 0.25) is 0 Å². The first kappa shape index (κ1) is 12.9. The highest BCUT2D eigenvalue weighted by molar-refractivity contribution is 8.00. The van der Waals surface area contributed by atoms with Gasteiger partial charge in [0.15, 0.2) is 0 Å². The number of carbonyl (C=O) groups excluding carboxylic acids is 2. The lowest BCUT2D eigenvalue weighted by Crippen LogP contribution is -2.33. The zero-order valence-corrected chi connectivity index (χ0v) is 11.1. The molecule has 0 saturated carbocycles. The van der Waals surface area contributed by atoms with E-state index in [1.54, 1.807) is 14.1 Å². The lowest BCUT2D eigenvalue weighted by molar-refractivity contribution is -0.122. The van der Waals surface area contributed by atoms with Crippen molar-refractivity contribution in [2.24, 2.45) is 0 Å². The van der Waals surface area contributed by atoms with E-state index in [0.717, 1.165) is 16.1 Å². The standard InChI is InChI=1S/C12H15N3O2S/c1-13-11(12(17)14-2)7-3-4-9-8(5-7)15-10(16)6-18-9/h3-5,11,13H,6H2,1-2H3,(H,14,17)(H,15,16). The molecule has 6 heteroatoms. The highest BCUT2D eigenvalue weighted by atomic mass is 32.2. The van der Waals surface area contributed by atoms with Gasteiger partial charge in [-0.2, -0.15) is 0 Å². The molecule has 1 aromatic rings. The SMILES string of the molecule is CNC(=O)C(NC)c1ccc2c(c1)NC(=O)CS2. The number of anilines is 1. The zero-order valence-electron chi connectivity index (χ0n) is 10.2. The minimum atomic E-state index is -0.413. The molecule has 1 aliphatic heterocycles. The maximum atomic E-state index is 11.7. The van der Waals surface area contributed by atoms with Crippen LogP contribution in [0.15, 0.2) is 23.1 Å². The molecule has 2 amide bonds. The lowest BCUT2D eigenvalue weighted by Gasteiger charge is -2.20. The monoisotopic (exact) mass is 265 g/mol. The molecule has 2 rings (SSSR count). The summed E-state index contributed by atoms with van der Waals surface area (Å²) in [5.74, 6) is 0.329. The number of hydrogen-bond acceptors (Lipinski definition) is 4. The van der Waals surface area contributed by atoms with Crippen LogP contribution in [-0.4, -0.2) is 31.7 Å². The Morgan fingerprint density at radius 3 is 2.89 bits per heavy atom. The molecule has 1 heterocycles. The van der Waals surface area contributed by atoms with Gasteiger partial charge in [0.25, 0.3) is 0 Å². The van der Waals surface area contributed by atoms with E-state index in [4.69, 9.17) is 0 Å². The van der Waals surface area contributed by atoms with Crippen LogP contribution < -0.4 is 16.0 Å². The highest BCUT2D eigenvalue weighted by Gasteiger charge is 2.21. The Labute approximate surface area is 110 Å². The Morgan fingerprint density at radius 2 is 2.22 bits per heavy atom. The Morgan fingerprint density at radius 1 is 1.44 bits per heavy atom. The van der Waals surface area contributed by atoms with Gasteiger partial charge in [-0.05, 0) is 24.7 Å². The second-order valence-corrected chi connectivity index (χ2v) is 4.95. The number of likely N-dealkylation sites (N-methyl/N-ethyl adjacent to an activating group) is 2. The van der Waals surface area contributed by atoms with Crippen LogP contribution in [-0.2, 0) is 9.59 Å². The summed E-state index contributed by atoms with van der Waals surface area (Å²) in [6.07, 6.45) is 0. The average Bonchev–Trinajstić information content (AvgIpc) is 2.38. The zero-order chi connectivity index (χ0) is 13.1. The molecule has 0 aromatic heterocycles. The van der Waals surface area contributed by atoms with Gasteiger partial charge in [-0.1, -0.05) is 6.07 Å². The van der Waals surface area contributed by atoms with Crippen LogP contribution in [0, 0.1) is 0 Å². The van der Waals surface area contributed by atoms with Crippen molar-refractivity contribution in [3.05, 3.63) is 23.8 Å². The molecule has 0 radical (unpaired) electrons. The fourth-order valence-corrected chi connectivity index (χ4v) is 2.66. The van der Waals surface area contributed by atoms with Gasteiger partial charge in [0.1, 0.15) is 6.04 Å². The number of thioether (sulfide) groups is 1. The minimum Gasteiger partial charge on any atom is -0.358 e. The van der Waals surface area contributed by atoms with Gasteiger partial charge in [0.2, 0.25) is 11.8 Å². The van der Waals surface area contributed by atoms with Crippen LogP contribution in [0.5, 0.6) is 0 Å². The summed E-state index contributed by atoms with van der Waals surface area (Å²) in [6.45, 7) is 0. The van der Waals surface area contributed by atoms with E-state index in [1.807, 2.05) is 18.2 Å². The molecule has 18 heavy (non-hydrogen) atoms. The predicted octanol–water partition coefficient (Wildman–Crippen LogP) is 0.737. The van der Waals surface area contributed by atoms with E-state index in [-0.39, 0.29) is 11.8 Å². The summed E-state index contributed by atoms with van der Waals surface area (Å²) in [7, 11) is 3.33. The minimum absolute atomic E-state index is 0.00870. The first-order chi connectivity index (χ1) is 8.65. The molecule has 0 aliphatic carbocycles. The van der Waals surface area contributed by atoms with Gasteiger partial charge in [-0.25, -0.2) is 0 Å². The topological polar surface area (TPSA) is 70.2 Å². The van der Waals surface area contributed by atoms with E-state index >= 15 is 0 Å². The quantitative estimate of drug-likeness (QED) is 0.754. The van der Waals surface area contributed by atoms with Crippen LogP contribution in [0.1, 0.15) is 11.6 Å². The normalized spacial score (nSPS) is 15.6. The second-order valence-electron chi connectivity index (χ2n) is 3.93. The van der Waals surface area contributed by atoms with E-state index < -0.39 is 6.04 Å². The van der Waals surface area contributed by atoms with Crippen LogP contribution in [0.25, 0.3) is 0 Å². The molecule has 0 fully saturated rings. The summed E-state index contributed by atoms with van der Waals surface area (Å²) < 4.78 is 0. The van der Waals surface area contributed by atoms with Crippen molar-refractivity contribution in [1.82, 2.24) is 10.6 Å². The summed E-state index contributed by atoms with van der Waals surface area (Å²) in [5, 5.41) is 8.38. The summed E-state index contributed by atoms with van der Waals surface area (Å²) >= 11 is 1.51. The van der Waals surface area contributed by atoms with Gasteiger partial charge in [-0.3, -0.25) is 9.59 Å². The summed E-state index contributed by atoms with van der Waals surface area (Å²) in [5.41, 5.74) is 1.61. The van der Waals surface area contributed by atoms with Gasteiger partial charge in [0, 0.05) is 11.9 Å². The molecular formula is C12H15N3O2S. The fourth-order valence-electron chi connectivity index (χ4n) is 1.87. The Kier molecular flexibility index (Phi) is 3.88. The molecule has 0 spiro atoms. The molecule has 1 aromatic carbocycles. The molecule has 1 aliphatic rings. The summed E-state index contributed by atoms with van der Waals surface area (Å²) in [6, 6.07) is 5.27. The molecule has 96 valence electrons. The second kappa shape index (κ2) is 5.41. The number of amides is 2. The Hall–Kier alpha value is -1.53. The van der Waals surface area contributed by atoms with E-state index in [1.165, 1.54) is 11.8 Å². The number of hydrogen-bond donors (Lipinski definition) is 3. The van der Waals surface area contributed by atoms with Crippen LogP contribution in [0.4, 0.5) is 5.69 Å². The van der Waals surface area contributed by atoms with E-state index in [0.29, 0.717) is 5.75 Å². The molecule has 0 bridgehead atoms. The number of carbonyl (C=O) groups is 2. The molecule has 0 saturated heterocycles. The van der Waals surface area contributed by atoms with E-state index in [9.17, 15) is 9.59 Å². The number of fused-ring (bicyclic) bond motifs is 1. The van der Waals surface area contributed by atoms with Crippen molar-refractivity contribution in [1.29, 1.82) is 0 Å². The molecule has 5 nitrogen and oxygen atoms in total. The van der Waals surface area contributed by atoms with Crippen molar-refractivity contribution >= 4 is 29.3 Å². The van der Waals surface area contributed by atoms with Crippen LogP contribution >= 0.6 is 11.8 Å². The van der Waals surface area contributed by atoms with Crippen molar-refractivity contribution in [3.8, 4) is 0 Å². The molecule has 1 unspecified atom stereocenters. The average molecular weight is 265 g/mol. The first-order valence-corrected chi connectivity index (χ1v) is 6.59. The highest BCUT2D eigenvalue weighted by Crippen LogP contribution is 2.33. The largest absolute Gasteiger partial charge is 0.358 e. The third kappa shape index (κ3) is 2.49. The number of benzene rings is 1. The first-order valence-electron chi connectivity index (χ1n) is 5.61. The number of rotatable bonds is 3. The van der Waals surface area contributed by atoms with Gasteiger partial charge < -0.3 is 16.0 Å². The van der Waals surface area contributed by atoms with Gasteiger partial charge in [-0.15, -0.1) is 11.8 Å². The van der Waals surface area contributed by atoms with Crippen molar-refractivity contribution in [3.63, 3.8) is 0 Å². The molecule has 1 atom stereocenters. The number of nitrogens with one attached hydrogen (secondary N) is 3. The molecule has 3 N–H and O–H groups in total. The van der Waals surface area contributed by atoms with Crippen molar-refractivity contribution in [2.75, 3.05) is 25.2 Å². The Balaban J connectivity index is 2.32. The maximum absolute atomic E-state index is 11.7. The van der Waals surface area contributed by atoms with Gasteiger partial charge >= 0.3 is 0 Å². The maximum Gasteiger partial charge on any atom is 0.241 e. The van der Waals surface area contributed by atoms with Crippen LogP contribution in [0.3, 0.4) is 0 Å². The third-order valence-corrected chi connectivity index (χ3v) is 3.84.